The highest BCUT2D eigenvalue weighted by atomic mass is 35.5. The second kappa shape index (κ2) is 9.18. The fraction of sp³-hybridized carbons (Fsp3) is 0.400. The van der Waals surface area contributed by atoms with Crippen molar-refractivity contribution in [2.45, 2.75) is 19.4 Å². The molecule has 0 aliphatic carbocycles. The first-order chi connectivity index (χ1) is 12.2. The van der Waals surface area contributed by atoms with Crippen molar-refractivity contribution in [3.8, 4) is 5.75 Å². The summed E-state index contributed by atoms with van der Waals surface area (Å²) in [5.41, 5.74) is 1.54. The lowest BCUT2D eigenvalue weighted by Crippen LogP contribution is -2.36. The van der Waals surface area contributed by atoms with Crippen molar-refractivity contribution in [2.75, 3.05) is 32.8 Å². The molecule has 0 radical (unpaired) electrons. The van der Waals surface area contributed by atoms with E-state index < -0.39 is 0 Å². The minimum Gasteiger partial charge on any atom is -0.488 e. The molecule has 134 valence electrons. The van der Waals surface area contributed by atoms with Gasteiger partial charge in [-0.25, -0.2) is 4.39 Å². The minimum atomic E-state index is -0.336. The van der Waals surface area contributed by atoms with Crippen molar-refractivity contribution < 1.29 is 13.9 Å². The van der Waals surface area contributed by atoms with Gasteiger partial charge in [-0.15, -0.1) is 0 Å². The van der Waals surface area contributed by atoms with E-state index in [1.807, 2.05) is 18.2 Å². The second-order valence-corrected chi connectivity index (χ2v) is 6.56. The molecule has 3 rings (SSSR count). The largest absolute Gasteiger partial charge is 0.488 e. The zero-order chi connectivity index (χ0) is 17.5. The van der Waals surface area contributed by atoms with Gasteiger partial charge in [0.1, 0.15) is 18.2 Å². The number of benzene rings is 2. The molecule has 1 aliphatic rings. The number of ether oxygens (including phenoxy) is 2. The predicted molar refractivity (Wildman–Crippen MR) is 97.8 cm³/mol. The Morgan fingerprint density at radius 2 is 1.88 bits per heavy atom. The van der Waals surface area contributed by atoms with E-state index in [0.717, 1.165) is 57.0 Å². The molecule has 0 spiro atoms. The fourth-order valence-corrected chi connectivity index (χ4v) is 3.21. The summed E-state index contributed by atoms with van der Waals surface area (Å²) in [4.78, 5) is 2.42. The molecular formula is C20H23ClFNO2. The maximum absolute atomic E-state index is 13.9. The van der Waals surface area contributed by atoms with Gasteiger partial charge >= 0.3 is 0 Å². The Bertz CT molecular complexity index is 669. The van der Waals surface area contributed by atoms with Gasteiger partial charge in [0.25, 0.3) is 0 Å². The molecule has 5 heteroatoms. The molecule has 0 saturated carbocycles. The molecule has 0 unspecified atom stereocenters. The quantitative estimate of drug-likeness (QED) is 0.731. The van der Waals surface area contributed by atoms with E-state index in [1.54, 1.807) is 12.1 Å². The van der Waals surface area contributed by atoms with Gasteiger partial charge in [-0.3, -0.25) is 4.90 Å². The van der Waals surface area contributed by atoms with E-state index >= 15 is 0 Å². The second-order valence-electron chi connectivity index (χ2n) is 6.15. The summed E-state index contributed by atoms with van der Waals surface area (Å²) in [6.45, 7) is 4.84. The number of morpholine rings is 1. The number of para-hydroxylation sites is 1. The van der Waals surface area contributed by atoms with E-state index in [0.29, 0.717) is 10.6 Å². The molecule has 3 nitrogen and oxygen atoms in total. The topological polar surface area (TPSA) is 21.7 Å². The third-order valence-corrected chi connectivity index (χ3v) is 4.78. The molecule has 0 atom stereocenters. The SMILES string of the molecule is Fc1cccc(Cl)c1COc1ccccc1CCCN1CCOCC1. The molecule has 0 bridgehead atoms. The molecule has 1 heterocycles. The third-order valence-electron chi connectivity index (χ3n) is 4.43. The Balaban J connectivity index is 1.57. The van der Waals surface area contributed by atoms with Gasteiger partial charge in [0.2, 0.25) is 0 Å². The number of aryl methyl sites for hydroxylation is 1. The maximum atomic E-state index is 13.9. The van der Waals surface area contributed by atoms with Crippen LogP contribution in [0.15, 0.2) is 42.5 Å². The van der Waals surface area contributed by atoms with E-state index in [-0.39, 0.29) is 12.4 Å². The standard InChI is InChI=1S/C20H23ClFNO2/c21-18-7-3-8-19(22)17(18)15-25-20-9-2-1-5-16(20)6-4-10-23-11-13-24-14-12-23/h1-3,5,7-9H,4,6,10-15H2. The van der Waals surface area contributed by atoms with Gasteiger partial charge in [-0.05, 0) is 43.1 Å². The summed E-state index contributed by atoms with van der Waals surface area (Å²) in [7, 11) is 0. The first-order valence-corrected chi connectivity index (χ1v) is 9.05. The van der Waals surface area contributed by atoms with Gasteiger partial charge in [-0.2, -0.15) is 0 Å². The van der Waals surface area contributed by atoms with Crippen molar-refractivity contribution in [2.24, 2.45) is 0 Å². The van der Waals surface area contributed by atoms with E-state index in [2.05, 4.69) is 11.0 Å². The van der Waals surface area contributed by atoms with Crippen LogP contribution < -0.4 is 4.74 Å². The maximum Gasteiger partial charge on any atom is 0.131 e. The van der Waals surface area contributed by atoms with Gasteiger partial charge < -0.3 is 9.47 Å². The van der Waals surface area contributed by atoms with Gasteiger partial charge in [0.05, 0.1) is 18.2 Å². The van der Waals surface area contributed by atoms with Crippen LogP contribution >= 0.6 is 11.6 Å². The Labute approximate surface area is 153 Å². The number of hydrogen-bond acceptors (Lipinski definition) is 3. The van der Waals surface area contributed by atoms with Crippen LogP contribution in [0.1, 0.15) is 17.5 Å². The Morgan fingerprint density at radius 3 is 2.68 bits per heavy atom. The number of halogens is 2. The normalized spacial score (nSPS) is 15.3. The summed E-state index contributed by atoms with van der Waals surface area (Å²) in [5.74, 6) is 0.459. The molecule has 0 aromatic heterocycles. The molecule has 1 aliphatic heterocycles. The highest BCUT2D eigenvalue weighted by Crippen LogP contribution is 2.24. The summed E-state index contributed by atoms with van der Waals surface area (Å²) in [5, 5.41) is 0.393. The Kier molecular flexibility index (Phi) is 6.68. The monoisotopic (exact) mass is 363 g/mol. The van der Waals surface area contributed by atoms with Crippen molar-refractivity contribution in [1.82, 2.24) is 4.90 Å². The lowest BCUT2D eigenvalue weighted by molar-refractivity contribution is 0.0374. The van der Waals surface area contributed by atoms with Gasteiger partial charge in [0, 0.05) is 18.7 Å². The zero-order valence-electron chi connectivity index (χ0n) is 14.2. The highest BCUT2D eigenvalue weighted by Gasteiger charge is 2.12. The summed E-state index contributed by atoms with van der Waals surface area (Å²) in [6, 6.07) is 12.6. The molecule has 2 aromatic rings. The number of nitrogens with zero attached hydrogens (tertiary/aromatic N) is 1. The molecule has 1 fully saturated rings. The lowest BCUT2D eigenvalue weighted by atomic mass is 10.1. The molecule has 0 N–H and O–H groups in total. The zero-order valence-corrected chi connectivity index (χ0v) is 15.0. The van der Waals surface area contributed by atoms with E-state index in [1.165, 1.54) is 6.07 Å². The van der Waals surface area contributed by atoms with Crippen LogP contribution in [0.5, 0.6) is 5.75 Å². The Morgan fingerprint density at radius 1 is 1.08 bits per heavy atom. The van der Waals surface area contributed by atoms with Crippen LogP contribution in [0.2, 0.25) is 5.02 Å². The van der Waals surface area contributed by atoms with Crippen LogP contribution in [0.3, 0.4) is 0 Å². The third kappa shape index (κ3) is 5.18. The van der Waals surface area contributed by atoms with E-state index in [4.69, 9.17) is 21.1 Å². The smallest absolute Gasteiger partial charge is 0.131 e. The molecule has 0 amide bonds. The minimum absolute atomic E-state index is 0.131. The van der Waals surface area contributed by atoms with Crippen molar-refractivity contribution in [3.63, 3.8) is 0 Å². The number of hydrogen-bond donors (Lipinski definition) is 0. The van der Waals surface area contributed by atoms with Gasteiger partial charge in [-0.1, -0.05) is 35.9 Å². The fourth-order valence-electron chi connectivity index (χ4n) is 2.99. The first-order valence-electron chi connectivity index (χ1n) is 8.68. The van der Waals surface area contributed by atoms with Crippen molar-refractivity contribution in [3.05, 3.63) is 64.4 Å². The average Bonchev–Trinajstić information content (AvgIpc) is 2.63. The summed E-state index contributed by atoms with van der Waals surface area (Å²) < 4.78 is 25.1. The van der Waals surface area contributed by atoms with Crippen LogP contribution in [0, 0.1) is 5.82 Å². The van der Waals surface area contributed by atoms with Crippen LogP contribution in [0.25, 0.3) is 0 Å². The Hall–Kier alpha value is -1.62. The van der Waals surface area contributed by atoms with Crippen LogP contribution in [-0.2, 0) is 17.8 Å². The first kappa shape index (κ1) is 18.2. The van der Waals surface area contributed by atoms with E-state index in [9.17, 15) is 4.39 Å². The molecule has 2 aromatic carbocycles. The number of rotatable bonds is 7. The molecule has 1 saturated heterocycles. The van der Waals surface area contributed by atoms with Crippen LogP contribution in [-0.4, -0.2) is 37.7 Å². The highest BCUT2D eigenvalue weighted by molar-refractivity contribution is 6.31. The predicted octanol–water partition coefficient (Wildman–Crippen LogP) is 4.32. The average molecular weight is 364 g/mol. The lowest BCUT2D eigenvalue weighted by Gasteiger charge is -2.26. The molecule has 25 heavy (non-hydrogen) atoms. The summed E-state index contributed by atoms with van der Waals surface area (Å²) >= 11 is 6.07. The van der Waals surface area contributed by atoms with Crippen LogP contribution in [0.4, 0.5) is 4.39 Å². The van der Waals surface area contributed by atoms with Crippen molar-refractivity contribution in [1.29, 1.82) is 0 Å². The van der Waals surface area contributed by atoms with Gasteiger partial charge in [0.15, 0.2) is 0 Å². The molecular weight excluding hydrogens is 341 g/mol. The summed E-state index contributed by atoms with van der Waals surface area (Å²) in [6.07, 6.45) is 1.99. The van der Waals surface area contributed by atoms with Crippen molar-refractivity contribution >= 4 is 11.6 Å².